The number of hydrogen-bond donors (Lipinski definition) is 2. The molecule has 1 aromatic carbocycles. The molecule has 3 rings (SSSR count). The fourth-order valence-electron chi connectivity index (χ4n) is 2.36. The number of nitrogens with zero attached hydrogens (tertiary/aromatic N) is 1. The monoisotopic (exact) mass is 339 g/mol. The van der Waals surface area contributed by atoms with Gasteiger partial charge in [0.25, 0.3) is 11.8 Å². The molecule has 24 heavy (non-hydrogen) atoms. The van der Waals surface area contributed by atoms with Crippen molar-refractivity contribution in [1.29, 1.82) is 0 Å². The number of nitrogens with one attached hydrogen (secondary N) is 1. The van der Waals surface area contributed by atoms with Gasteiger partial charge in [0.1, 0.15) is 5.00 Å². The molecule has 0 atom stereocenters. The van der Waals surface area contributed by atoms with Crippen LogP contribution in [0.2, 0.25) is 0 Å². The number of carbonyl (C=O) groups is 2. The molecule has 0 aliphatic carbocycles. The van der Waals surface area contributed by atoms with E-state index in [1.54, 1.807) is 18.2 Å². The van der Waals surface area contributed by atoms with Gasteiger partial charge in [-0.25, -0.2) is 0 Å². The molecule has 3 N–H and O–H groups in total. The van der Waals surface area contributed by atoms with Gasteiger partial charge in [0.05, 0.1) is 5.56 Å². The normalized spacial score (nSPS) is 10.5. The molecule has 0 radical (unpaired) electrons. The van der Waals surface area contributed by atoms with E-state index in [4.69, 9.17) is 5.73 Å². The summed E-state index contributed by atoms with van der Waals surface area (Å²) in [6.45, 7) is 1.99. The van der Waals surface area contributed by atoms with E-state index in [0.29, 0.717) is 16.1 Å². The van der Waals surface area contributed by atoms with Crippen LogP contribution in [-0.4, -0.2) is 16.4 Å². The lowest BCUT2D eigenvalue weighted by Gasteiger charge is -2.07. The lowest BCUT2D eigenvalue weighted by Crippen LogP contribution is -2.16. The van der Waals surface area contributed by atoms with Crippen LogP contribution in [0.4, 0.5) is 5.00 Å². The SMILES string of the molecule is CCc1cc(C(N)=O)c(NC(=O)c2ccc(-n3cccc3)cc2)s1. The third-order valence-electron chi connectivity index (χ3n) is 3.66. The van der Waals surface area contributed by atoms with Crippen LogP contribution >= 0.6 is 11.3 Å². The molecule has 0 aliphatic heterocycles. The lowest BCUT2D eigenvalue weighted by molar-refractivity contribution is 0.100. The Kier molecular flexibility index (Phi) is 4.48. The van der Waals surface area contributed by atoms with Crippen molar-refractivity contribution in [3.63, 3.8) is 0 Å². The maximum absolute atomic E-state index is 12.4. The largest absolute Gasteiger partial charge is 0.366 e. The quantitative estimate of drug-likeness (QED) is 0.747. The summed E-state index contributed by atoms with van der Waals surface area (Å²) in [5.41, 5.74) is 7.23. The van der Waals surface area contributed by atoms with E-state index >= 15 is 0 Å². The Morgan fingerprint density at radius 2 is 1.83 bits per heavy atom. The first kappa shape index (κ1) is 16.0. The molecular formula is C18H17N3O2S. The van der Waals surface area contributed by atoms with Crippen LogP contribution in [0.3, 0.4) is 0 Å². The van der Waals surface area contributed by atoms with Gasteiger partial charge < -0.3 is 15.6 Å². The minimum absolute atomic E-state index is 0.263. The predicted molar refractivity (Wildman–Crippen MR) is 95.9 cm³/mol. The molecule has 6 heteroatoms. The molecule has 3 aromatic rings. The van der Waals surface area contributed by atoms with E-state index in [-0.39, 0.29) is 5.91 Å². The third kappa shape index (κ3) is 3.23. The number of amides is 2. The van der Waals surface area contributed by atoms with Crippen molar-refractivity contribution in [3.05, 3.63) is 70.9 Å². The van der Waals surface area contributed by atoms with Crippen molar-refractivity contribution in [3.8, 4) is 5.69 Å². The fourth-order valence-corrected chi connectivity index (χ4v) is 3.36. The van der Waals surface area contributed by atoms with Crippen molar-refractivity contribution in [2.75, 3.05) is 5.32 Å². The highest BCUT2D eigenvalue weighted by atomic mass is 32.1. The second-order valence-corrected chi connectivity index (χ2v) is 6.40. The average Bonchev–Trinajstić information content (AvgIpc) is 3.24. The zero-order valence-corrected chi connectivity index (χ0v) is 14.0. The van der Waals surface area contributed by atoms with Crippen LogP contribution in [0.1, 0.15) is 32.5 Å². The second-order valence-electron chi connectivity index (χ2n) is 5.26. The van der Waals surface area contributed by atoms with Crippen molar-refractivity contribution in [1.82, 2.24) is 4.57 Å². The lowest BCUT2D eigenvalue weighted by atomic mass is 10.2. The number of carbonyl (C=O) groups excluding carboxylic acids is 2. The summed E-state index contributed by atoms with van der Waals surface area (Å²) in [5, 5.41) is 3.29. The van der Waals surface area contributed by atoms with Crippen LogP contribution in [0.15, 0.2) is 54.9 Å². The van der Waals surface area contributed by atoms with E-state index in [9.17, 15) is 9.59 Å². The zero-order valence-electron chi connectivity index (χ0n) is 13.2. The van der Waals surface area contributed by atoms with Gasteiger partial charge in [-0.15, -0.1) is 11.3 Å². The highest BCUT2D eigenvalue weighted by molar-refractivity contribution is 7.16. The molecule has 122 valence electrons. The molecule has 0 aliphatic rings. The van der Waals surface area contributed by atoms with Crippen LogP contribution in [0.25, 0.3) is 5.69 Å². The summed E-state index contributed by atoms with van der Waals surface area (Å²) in [4.78, 5) is 24.9. The molecule has 0 unspecified atom stereocenters. The van der Waals surface area contributed by atoms with E-state index in [1.807, 2.05) is 48.1 Å². The summed E-state index contributed by atoms with van der Waals surface area (Å²) in [6.07, 6.45) is 4.66. The number of hydrogen-bond acceptors (Lipinski definition) is 3. The summed E-state index contributed by atoms with van der Waals surface area (Å²) in [7, 11) is 0. The summed E-state index contributed by atoms with van der Waals surface area (Å²) >= 11 is 1.38. The molecular weight excluding hydrogens is 322 g/mol. The molecule has 0 fully saturated rings. The van der Waals surface area contributed by atoms with Gasteiger partial charge in [-0.05, 0) is 48.9 Å². The second kappa shape index (κ2) is 6.72. The van der Waals surface area contributed by atoms with E-state index in [2.05, 4.69) is 5.32 Å². The minimum Gasteiger partial charge on any atom is -0.366 e. The molecule has 5 nitrogen and oxygen atoms in total. The van der Waals surface area contributed by atoms with Crippen molar-refractivity contribution in [2.24, 2.45) is 5.73 Å². The zero-order chi connectivity index (χ0) is 17.1. The Morgan fingerprint density at radius 1 is 1.17 bits per heavy atom. The molecule has 0 saturated heterocycles. The molecule has 2 heterocycles. The highest BCUT2D eigenvalue weighted by Gasteiger charge is 2.16. The number of thiophene rings is 1. The van der Waals surface area contributed by atoms with Crippen molar-refractivity contribution >= 4 is 28.2 Å². The van der Waals surface area contributed by atoms with Crippen molar-refractivity contribution < 1.29 is 9.59 Å². The number of anilines is 1. The Balaban J connectivity index is 1.80. The van der Waals surface area contributed by atoms with Crippen LogP contribution in [-0.2, 0) is 6.42 Å². The maximum Gasteiger partial charge on any atom is 0.256 e. The number of nitrogens with two attached hydrogens (primary N) is 1. The molecule has 0 saturated carbocycles. The molecule has 0 spiro atoms. The number of benzene rings is 1. The summed E-state index contributed by atoms with van der Waals surface area (Å²) in [5.74, 6) is -0.801. The molecule has 0 bridgehead atoms. The van der Waals surface area contributed by atoms with Gasteiger partial charge in [-0.1, -0.05) is 6.92 Å². The average molecular weight is 339 g/mol. The Hall–Kier alpha value is -2.86. The van der Waals surface area contributed by atoms with Gasteiger partial charge in [-0.3, -0.25) is 9.59 Å². The van der Waals surface area contributed by atoms with Gasteiger partial charge in [-0.2, -0.15) is 0 Å². The highest BCUT2D eigenvalue weighted by Crippen LogP contribution is 2.28. The third-order valence-corrected chi connectivity index (χ3v) is 4.85. The van der Waals surface area contributed by atoms with E-state index in [0.717, 1.165) is 17.0 Å². The van der Waals surface area contributed by atoms with Crippen molar-refractivity contribution in [2.45, 2.75) is 13.3 Å². The van der Waals surface area contributed by atoms with Gasteiger partial charge >= 0.3 is 0 Å². The molecule has 2 aromatic heterocycles. The minimum atomic E-state index is -0.538. The van der Waals surface area contributed by atoms with Crippen LogP contribution in [0, 0.1) is 0 Å². The first-order valence-corrected chi connectivity index (χ1v) is 8.37. The summed E-state index contributed by atoms with van der Waals surface area (Å²) in [6, 6.07) is 12.9. The number of primary amides is 1. The van der Waals surface area contributed by atoms with E-state index in [1.165, 1.54) is 11.3 Å². The first-order chi connectivity index (χ1) is 11.6. The number of aromatic nitrogens is 1. The summed E-state index contributed by atoms with van der Waals surface area (Å²) < 4.78 is 1.96. The number of aryl methyl sites for hydroxylation is 1. The van der Waals surface area contributed by atoms with Crippen LogP contribution < -0.4 is 11.1 Å². The van der Waals surface area contributed by atoms with Crippen LogP contribution in [0.5, 0.6) is 0 Å². The fraction of sp³-hybridized carbons (Fsp3) is 0.111. The maximum atomic E-state index is 12.4. The van der Waals surface area contributed by atoms with E-state index < -0.39 is 5.91 Å². The Morgan fingerprint density at radius 3 is 2.42 bits per heavy atom. The van der Waals surface area contributed by atoms with Gasteiger partial charge in [0, 0.05) is 28.5 Å². The predicted octanol–water partition coefficient (Wildman–Crippen LogP) is 3.45. The van der Waals surface area contributed by atoms with Gasteiger partial charge in [0.2, 0.25) is 0 Å². The molecule has 2 amide bonds. The Bertz CT molecular complexity index is 864. The van der Waals surface area contributed by atoms with Gasteiger partial charge in [0.15, 0.2) is 0 Å². The standard InChI is InChI=1S/C18H17N3O2S/c1-2-14-11-15(16(19)22)18(24-14)20-17(23)12-5-7-13(8-6-12)21-9-3-4-10-21/h3-11H,2H2,1H3,(H2,19,22)(H,20,23). The number of rotatable bonds is 5. The smallest absolute Gasteiger partial charge is 0.256 e. The Labute approximate surface area is 143 Å². The topological polar surface area (TPSA) is 77.1 Å². The first-order valence-electron chi connectivity index (χ1n) is 7.55.